The molecule has 1 heterocycles. The smallest absolute Gasteiger partial charge is 0.0815 e. The van der Waals surface area contributed by atoms with Gasteiger partial charge in [-0.05, 0) is 13.8 Å². The Bertz CT molecular complexity index is 244. The fourth-order valence-corrected chi connectivity index (χ4v) is 1.08. The van der Waals surface area contributed by atoms with E-state index < -0.39 is 0 Å². The zero-order chi connectivity index (χ0) is 8.43. The van der Waals surface area contributed by atoms with E-state index in [2.05, 4.69) is 5.10 Å². The van der Waals surface area contributed by atoms with Crippen molar-refractivity contribution in [3.8, 4) is 0 Å². The molecule has 0 bridgehead atoms. The van der Waals surface area contributed by atoms with Crippen LogP contribution in [-0.4, -0.2) is 16.3 Å². The van der Waals surface area contributed by atoms with Gasteiger partial charge in [0.05, 0.1) is 23.0 Å². The lowest BCUT2D eigenvalue weighted by atomic mass is 10.3. The van der Waals surface area contributed by atoms with Crippen LogP contribution in [0.2, 0.25) is 5.02 Å². The number of halogens is 1. The first-order chi connectivity index (χ1) is 5.16. The van der Waals surface area contributed by atoms with Gasteiger partial charge in [0.2, 0.25) is 0 Å². The number of hydrogen-bond donors (Lipinski definition) is 1. The summed E-state index contributed by atoms with van der Waals surface area (Å²) >= 11 is 5.81. The molecule has 3 nitrogen and oxygen atoms in total. The van der Waals surface area contributed by atoms with Crippen molar-refractivity contribution in [3.63, 3.8) is 0 Å². The van der Waals surface area contributed by atoms with Crippen LogP contribution in [0, 0.1) is 6.92 Å². The molecule has 1 unspecified atom stereocenters. The standard InChI is InChI=1S/C7H12ClN3/c1-5(3-9)11-6(2)7(8)4-10-11/h4-5H,3,9H2,1-2H3. The van der Waals surface area contributed by atoms with Gasteiger partial charge in [0, 0.05) is 6.54 Å². The molecule has 0 saturated heterocycles. The van der Waals surface area contributed by atoms with Crippen LogP contribution in [0.3, 0.4) is 0 Å². The van der Waals surface area contributed by atoms with Crippen LogP contribution < -0.4 is 5.73 Å². The highest BCUT2D eigenvalue weighted by Crippen LogP contribution is 2.16. The molecule has 0 aliphatic heterocycles. The van der Waals surface area contributed by atoms with Crippen molar-refractivity contribution in [2.75, 3.05) is 6.54 Å². The van der Waals surface area contributed by atoms with Crippen LogP contribution in [0.25, 0.3) is 0 Å². The van der Waals surface area contributed by atoms with Gasteiger partial charge < -0.3 is 5.73 Å². The summed E-state index contributed by atoms with van der Waals surface area (Å²) in [7, 11) is 0. The molecular weight excluding hydrogens is 162 g/mol. The van der Waals surface area contributed by atoms with E-state index in [9.17, 15) is 0 Å². The van der Waals surface area contributed by atoms with Gasteiger partial charge in [-0.1, -0.05) is 11.6 Å². The van der Waals surface area contributed by atoms with Crippen LogP contribution >= 0.6 is 11.6 Å². The number of nitrogens with zero attached hydrogens (tertiary/aromatic N) is 2. The monoisotopic (exact) mass is 173 g/mol. The molecule has 0 radical (unpaired) electrons. The Kier molecular flexibility index (Phi) is 2.52. The molecule has 0 fully saturated rings. The van der Waals surface area contributed by atoms with Crippen LogP contribution in [0.5, 0.6) is 0 Å². The zero-order valence-corrected chi connectivity index (χ0v) is 7.47. The molecule has 1 rings (SSSR count). The lowest BCUT2D eigenvalue weighted by Crippen LogP contribution is -2.18. The largest absolute Gasteiger partial charge is 0.328 e. The summed E-state index contributed by atoms with van der Waals surface area (Å²) in [5.41, 5.74) is 6.45. The predicted octanol–water partition coefficient (Wildman–Crippen LogP) is 1.36. The second kappa shape index (κ2) is 3.24. The third-order valence-corrected chi connectivity index (χ3v) is 2.11. The molecule has 62 valence electrons. The molecule has 2 N–H and O–H groups in total. The number of aromatic nitrogens is 2. The minimum atomic E-state index is 0.225. The fraction of sp³-hybridized carbons (Fsp3) is 0.571. The maximum Gasteiger partial charge on any atom is 0.0815 e. The Morgan fingerprint density at radius 1 is 1.82 bits per heavy atom. The molecule has 1 atom stereocenters. The van der Waals surface area contributed by atoms with E-state index in [1.807, 2.05) is 18.5 Å². The number of nitrogens with two attached hydrogens (primary N) is 1. The highest BCUT2D eigenvalue weighted by Gasteiger charge is 2.08. The molecule has 1 aromatic heterocycles. The van der Waals surface area contributed by atoms with Crippen molar-refractivity contribution in [3.05, 3.63) is 16.9 Å². The Balaban J connectivity index is 2.94. The zero-order valence-electron chi connectivity index (χ0n) is 6.71. The van der Waals surface area contributed by atoms with Crippen LogP contribution in [0.1, 0.15) is 18.7 Å². The van der Waals surface area contributed by atoms with Crippen LogP contribution in [0.15, 0.2) is 6.20 Å². The van der Waals surface area contributed by atoms with Gasteiger partial charge in [-0.2, -0.15) is 5.10 Å². The van der Waals surface area contributed by atoms with Crippen molar-refractivity contribution >= 4 is 11.6 Å². The van der Waals surface area contributed by atoms with Gasteiger partial charge in [-0.15, -0.1) is 0 Å². The predicted molar refractivity (Wildman–Crippen MR) is 45.7 cm³/mol. The summed E-state index contributed by atoms with van der Waals surface area (Å²) in [4.78, 5) is 0. The van der Waals surface area contributed by atoms with Crippen molar-refractivity contribution in [1.29, 1.82) is 0 Å². The molecular formula is C7H12ClN3. The average molecular weight is 174 g/mol. The van der Waals surface area contributed by atoms with Gasteiger partial charge in [-0.3, -0.25) is 4.68 Å². The summed E-state index contributed by atoms with van der Waals surface area (Å²) < 4.78 is 1.84. The third kappa shape index (κ3) is 1.54. The minimum absolute atomic E-state index is 0.225. The molecule has 0 saturated carbocycles. The minimum Gasteiger partial charge on any atom is -0.328 e. The molecule has 0 aliphatic rings. The summed E-state index contributed by atoms with van der Waals surface area (Å²) in [6.07, 6.45) is 1.64. The maximum atomic E-state index is 5.81. The second-order valence-electron chi connectivity index (χ2n) is 2.61. The van der Waals surface area contributed by atoms with Gasteiger partial charge in [0.1, 0.15) is 0 Å². The van der Waals surface area contributed by atoms with E-state index in [0.717, 1.165) is 5.69 Å². The van der Waals surface area contributed by atoms with E-state index >= 15 is 0 Å². The first-order valence-corrected chi connectivity index (χ1v) is 3.94. The third-order valence-electron chi connectivity index (χ3n) is 1.74. The molecule has 1 aromatic rings. The van der Waals surface area contributed by atoms with Crippen LogP contribution in [-0.2, 0) is 0 Å². The molecule has 0 amide bonds. The molecule has 0 aromatic carbocycles. The summed E-state index contributed by atoms with van der Waals surface area (Å²) in [6.45, 7) is 4.52. The van der Waals surface area contributed by atoms with E-state index in [-0.39, 0.29) is 6.04 Å². The summed E-state index contributed by atoms with van der Waals surface area (Å²) in [6, 6.07) is 0.225. The average Bonchev–Trinajstić information content (AvgIpc) is 2.32. The normalized spacial score (nSPS) is 13.5. The first kappa shape index (κ1) is 8.56. The maximum absolute atomic E-state index is 5.81. The van der Waals surface area contributed by atoms with E-state index in [1.165, 1.54) is 0 Å². The van der Waals surface area contributed by atoms with Crippen molar-refractivity contribution < 1.29 is 0 Å². The highest BCUT2D eigenvalue weighted by atomic mass is 35.5. The Labute approximate surface area is 71.1 Å². The van der Waals surface area contributed by atoms with Crippen molar-refractivity contribution in [2.45, 2.75) is 19.9 Å². The quantitative estimate of drug-likeness (QED) is 0.734. The lowest BCUT2D eigenvalue weighted by Gasteiger charge is -2.10. The lowest BCUT2D eigenvalue weighted by molar-refractivity contribution is 0.489. The fourth-order valence-electron chi connectivity index (χ4n) is 0.947. The van der Waals surface area contributed by atoms with Crippen molar-refractivity contribution in [2.24, 2.45) is 5.73 Å². The van der Waals surface area contributed by atoms with Crippen LogP contribution in [0.4, 0.5) is 0 Å². The van der Waals surface area contributed by atoms with E-state index in [0.29, 0.717) is 11.6 Å². The van der Waals surface area contributed by atoms with Gasteiger partial charge >= 0.3 is 0 Å². The van der Waals surface area contributed by atoms with E-state index in [4.69, 9.17) is 17.3 Å². The Morgan fingerprint density at radius 2 is 2.45 bits per heavy atom. The van der Waals surface area contributed by atoms with Gasteiger partial charge in [0.15, 0.2) is 0 Å². The van der Waals surface area contributed by atoms with Crippen molar-refractivity contribution in [1.82, 2.24) is 9.78 Å². The molecule has 11 heavy (non-hydrogen) atoms. The Morgan fingerprint density at radius 3 is 2.82 bits per heavy atom. The molecule has 0 spiro atoms. The summed E-state index contributed by atoms with van der Waals surface area (Å²) in [5, 5.41) is 4.79. The second-order valence-corrected chi connectivity index (χ2v) is 3.01. The number of hydrogen-bond acceptors (Lipinski definition) is 2. The summed E-state index contributed by atoms with van der Waals surface area (Å²) in [5.74, 6) is 0. The first-order valence-electron chi connectivity index (χ1n) is 3.56. The Hall–Kier alpha value is -0.540. The SMILES string of the molecule is Cc1c(Cl)cnn1C(C)CN. The number of rotatable bonds is 2. The molecule has 4 heteroatoms. The van der Waals surface area contributed by atoms with Gasteiger partial charge in [0.25, 0.3) is 0 Å². The topological polar surface area (TPSA) is 43.8 Å². The molecule has 0 aliphatic carbocycles. The van der Waals surface area contributed by atoms with Gasteiger partial charge in [-0.25, -0.2) is 0 Å². The highest BCUT2D eigenvalue weighted by molar-refractivity contribution is 6.31. The van der Waals surface area contributed by atoms with E-state index in [1.54, 1.807) is 6.20 Å².